The van der Waals surface area contributed by atoms with Gasteiger partial charge in [0.15, 0.2) is 9.84 Å². The number of carbonyl (C=O) groups is 1. The van der Waals surface area contributed by atoms with Crippen molar-refractivity contribution in [2.75, 3.05) is 26.0 Å². The fourth-order valence-electron chi connectivity index (χ4n) is 2.89. The Labute approximate surface area is 120 Å². The number of nitrogens with one attached hydrogen (secondary N) is 1. The zero-order valence-electron chi connectivity index (χ0n) is 12.2. The molecule has 2 fully saturated rings. The van der Waals surface area contributed by atoms with Gasteiger partial charge in [0.05, 0.1) is 17.4 Å². The highest BCUT2D eigenvalue weighted by molar-refractivity contribution is 7.91. The topological polar surface area (TPSA) is 75.7 Å². The first-order chi connectivity index (χ1) is 9.41. The maximum absolute atomic E-state index is 12.2. The molecule has 6 nitrogen and oxygen atoms in total. The Bertz CT molecular complexity index is 445. The number of carbonyl (C=O) groups excluding carboxylic acids is 1. The molecule has 2 amide bonds. The van der Waals surface area contributed by atoms with Crippen molar-refractivity contribution in [2.24, 2.45) is 0 Å². The molecule has 0 spiro atoms. The second kappa shape index (κ2) is 6.30. The minimum absolute atomic E-state index is 0.0160. The lowest BCUT2D eigenvalue weighted by Gasteiger charge is -2.26. The second-order valence-corrected chi connectivity index (χ2v) is 8.03. The van der Waals surface area contributed by atoms with E-state index in [4.69, 9.17) is 4.74 Å². The molecule has 2 heterocycles. The van der Waals surface area contributed by atoms with Crippen molar-refractivity contribution in [1.29, 1.82) is 0 Å². The molecule has 1 N–H and O–H groups in total. The fourth-order valence-corrected chi connectivity index (χ4v) is 3.87. The van der Waals surface area contributed by atoms with E-state index >= 15 is 0 Å². The Hall–Kier alpha value is -0.820. The molecule has 0 aromatic rings. The van der Waals surface area contributed by atoms with E-state index in [2.05, 4.69) is 5.32 Å². The highest BCUT2D eigenvalue weighted by Gasteiger charge is 2.34. The lowest BCUT2D eigenvalue weighted by atomic mass is 10.1. The van der Waals surface area contributed by atoms with Gasteiger partial charge in [-0.1, -0.05) is 6.92 Å². The normalized spacial score (nSPS) is 28.6. The Morgan fingerprint density at radius 2 is 2.20 bits per heavy atom. The van der Waals surface area contributed by atoms with E-state index in [1.807, 2.05) is 6.92 Å². The molecule has 2 aliphatic heterocycles. The molecule has 0 aromatic carbocycles. The summed E-state index contributed by atoms with van der Waals surface area (Å²) in [6.07, 6.45) is 4.70. The monoisotopic (exact) mass is 304 g/mol. The molecule has 0 aromatic heterocycles. The molecule has 0 saturated carbocycles. The van der Waals surface area contributed by atoms with E-state index in [9.17, 15) is 13.2 Å². The van der Waals surface area contributed by atoms with Crippen LogP contribution in [0, 0.1) is 0 Å². The summed E-state index contributed by atoms with van der Waals surface area (Å²) >= 11 is 0. The van der Waals surface area contributed by atoms with Crippen molar-refractivity contribution in [3.63, 3.8) is 0 Å². The van der Waals surface area contributed by atoms with E-state index in [0.717, 1.165) is 25.9 Å². The van der Waals surface area contributed by atoms with Crippen LogP contribution in [0.2, 0.25) is 0 Å². The van der Waals surface area contributed by atoms with E-state index in [1.54, 1.807) is 4.90 Å². The summed E-state index contributed by atoms with van der Waals surface area (Å²) in [7, 11) is -3.07. The van der Waals surface area contributed by atoms with E-state index < -0.39 is 15.1 Å². The molecule has 0 radical (unpaired) electrons. The predicted molar refractivity (Wildman–Crippen MR) is 76.4 cm³/mol. The third-order valence-electron chi connectivity index (χ3n) is 4.20. The molecule has 116 valence electrons. The standard InChI is InChI=1S/C13H24N2O4S/c1-3-11(12-5-4-8-19-12)14-13(16)15-7-6-10(9-15)20(2,17)18/h10-12H,3-9H2,1-2H3,(H,14,16)/t10-,11+,12+/m1/s1. The summed E-state index contributed by atoms with van der Waals surface area (Å²) in [5.74, 6) is 0. The Kier molecular flexibility index (Phi) is 4.90. The molecule has 3 atom stereocenters. The van der Waals surface area contributed by atoms with Crippen molar-refractivity contribution >= 4 is 15.9 Å². The Balaban J connectivity index is 1.88. The van der Waals surface area contributed by atoms with Gasteiger partial charge < -0.3 is 15.0 Å². The number of likely N-dealkylation sites (tertiary alicyclic amines) is 1. The van der Waals surface area contributed by atoms with Crippen molar-refractivity contribution < 1.29 is 17.9 Å². The van der Waals surface area contributed by atoms with E-state index in [-0.39, 0.29) is 18.2 Å². The number of ether oxygens (including phenoxy) is 1. The maximum atomic E-state index is 12.2. The first-order valence-corrected chi connectivity index (χ1v) is 9.23. The van der Waals surface area contributed by atoms with Crippen LogP contribution in [0.4, 0.5) is 4.79 Å². The van der Waals surface area contributed by atoms with Gasteiger partial charge in [0.2, 0.25) is 0 Å². The van der Waals surface area contributed by atoms with E-state index in [1.165, 1.54) is 6.26 Å². The number of urea groups is 1. The summed E-state index contributed by atoms with van der Waals surface area (Å²) in [6.45, 7) is 3.59. The molecule has 20 heavy (non-hydrogen) atoms. The summed E-state index contributed by atoms with van der Waals surface area (Å²) in [6, 6.07) is -0.152. The molecule has 2 saturated heterocycles. The van der Waals surface area contributed by atoms with Crippen LogP contribution >= 0.6 is 0 Å². The predicted octanol–water partition coefficient (Wildman–Crippen LogP) is 0.773. The van der Waals surface area contributed by atoms with Crippen LogP contribution in [0.3, 0.4) is 0 Å². The lowest BCUT2D eigenvalue weighted by molar-refractivity contribution is 0.0775. The summed E-state index contributed by atoms with van der Waals surface area (Å²) in [4.78, 5) is 13.8. The second-order valence-electron chi connectivity index (χ2n) is 5.70. The highest BCUT2D eigenvalue weighted by atomic mass is 32.2. The number of sulfone groups is 1. The number of hydrogen-bond donors (Lipinski definition) is 1. The number of rotatable bonds is 4. The first-order valence-electron chi connectivity index (χ1n) is 7.27. The summed E-state index contributed by atoms with van der Waals surface area (Å²) in [5.41, 5.74) is 0. The fraction of sp³-hybridized carbons (Fsp3) is 0.923. The lowest BCUT2D eigenvalue weighted by Crippen LogP contribution is -2.48. The molecule has 7 heteroatoms. The van der Waals surface area contributed by atoms with Gasteiger partial charge in [-0.05, 0) is 25.7 Å². The smallest absolute Gasteiger partial charge is 0.317 e. The Morgan fingerprint density at radius 3 is 2.70 bits per heavy atom. The third kappa shape index (κ3) is 3.63. The largest absolute Gasteiger partial charge is 0.376 e. The van der Waals surface area contributed by atoms with Gasteiger partial charge in [-0.2, -0.15) is 0 Å². The molecule has 0 bridgehead atoms. The minimum atomic E-state index is -3.07. The van der Waals surface area contributed by atoms with E-state index in [0.29, 0.717) is 19.5 Å². The van der Waals surface area contributed by atoms with Crippen LogP contribution in [-0.4, -0.2) is 62.7 Å². The van der Waals surface area contributed by atoms with Crippen molar-refractivity contribution in [3.05, 3.63) is 0 Å². The van der Waals surface area contributed by atoms with Gasteiger partial charge in [-0.3, -0.25) is 0 Å². The minimum Gasteiger partial charge on any atom is -0.376 e. The molecule has 2 aliphatic rings. The first kappa shape index (κ1) is 15.6. The Morgan fingerprint density at radius 1 is 1.45 bits per heavy atom. The number of amides is 2. The number of hydrogen-bond acceptors (Lipinski definition) is 4. The average Bonchev–Trinajstić information content (AvgIpc) is 3.04. The third-order valence-corrected chi connectivity index (χ3v) is 5.80. The zero-order valence-corrected chi connectivity index (χ0v) is 13.0. The van der Waals surface area contributed by atoms with Crippen LogP contribution in [0.1, 0.15) is 32.6 Å². The summed E-state index contributed by atoms with van der Waals surface area (Å²) in [5, 5.41) is 2.57. The average molecular weight is 304 g/mol. The molecular weight excluding hydrogens is 280 g/mol. The van der Waals surface area contributed by atoms with Gasteiger partial charge in [-0.15, -0.1) is 0 Å². The van der Waals surface area contributed by atoms with Crippen molar-refractivity contribution in [1.82, 2.24) is 10.2 Å². The van der Waals surface area contributed by atoms with Gasteiger partial charge in [0.25, 0.3) is 0 Å². The highest BCUT2D eigenvalue weighted by Crippen LogP contribution is 2.19. The SMILES string of the molecule is CC[C@H](NC(=O)N1CC[C@@H](S(C)(=O)=O)C1)[C@@H]1CCCO1. The van der Waals surface area contributed by atoms with Gasteiger partial charge in [-0.25, -0.2) is 13.2 Å². The molecular formula is C13H24N2O4S. The number of nitrogens with zero attached hydrogens (tertiary/aromatic N) is 1. The summed E-state index contributed by atoms with van der Waals surface area (Å²) < 4.78 is 28.6. The van der Waals surface area contributed by atoms with Crippen LogP contribution in [0.15, 0.2) is 0 Å². The van der Waals surface area contributed by atoms with Crippen LogP contribution in [0.5, 0.6) is 0 Å². The van der Waals surface area contributed by atoms with Crippen LogP contribution in [0.25, 0.3) is 0 Å². The quantitative estimate of drug-likeness (QED) is 0.832. The van der Waals surface area contributed by atoms with Gasteiger partial charge >= 0.3 is 6.03 Å². The van der Waals surface area contributed by atoms with Crippen molar-refractivity contribution in [3.8, 4) is 0 Å². The van der Waals surface area contributed by atoms with Crippen LogP contribution in [-0.2, 0) is 14.6 Å². The molecule has 0 unspecified atom stereocenters. The molecule has 0 aliphatic carbocycles. The van der Waals surface area contributed by atoms with Crippen molar-refractivity contribution in [2.45, 2.75) is 50.0 Å². The zero-order chi connectivity index (χ0) is 14.8. The maximum Gasteiger partial charge on any atom is 0.317 e. The van der Waals surface area contributed by atoms with Gasteiger partial charge in [0.1, 0.15) is 0 Å². The van der Waals surface area contributed by atoms with Gasteiger partial charge in [0, 0.05) is 26.0 Å². The molecule has 2 rings (SSSR count). The van der Waals surface area contributed by atoms with Crippen LogP contribution < -0.4 is 5.32 Å².